The average Bonchev–Trinajstić information content (AvgIpc) is 2.75. The highest BCUT2D eigenvalue weighted by Crippen LogP contribution is 2.20. The van der Waals surface area contributed by atoms with Crippen molar-refractivity contribution in [2.75, 3.05) is 13.1 Å². The number of pyridine rings is 1. The molecule has 1 atom stereocenters. The van der Waals surface area contributed by atoms with Crippen molar-refractivity contribution in [2.24, 2.45) is 7.05 Å². The summed E-state index contributed by atoms with van der Waals surface area (Å²) < 4.78 is 7.24. The number of carbonyl (C=O) groups excluding carboxylic acids is 1. The molecule has 0 bridgehead atoms. The summed E-state index contributed by atoms with van der Waals surface area (Å²) in [5.74, 6) is -0.165. The van der Waals surface area contributed by atoms with E-state index in [-0.39, 0.29) is 17.6 Å². The van der Waals surface area contributed by atoms with Crippen LogP contribution in [0.4, 0.5) is 0 Å². The van der Waals surface area contributed by atoms with Crippen LogP contribution in [0.5, 0.6) is 0 Å². The fourth-order valence-electron chi connectivity index (χ4n) is 3.56. The van der Waals surface area contributed by atoms with Gasteiger partial charge in [0.05, 0.1) is 18.1 Å². The Morgan fingerprint density at radius 1 is 1.21 bits per heavy atom. The average molecular weight is 378 g/mol. The van der Waals surface area contributed by atoms with Crippen molar-refractivity contribution < 1.29 is 9.53 Å². The summed E-state index contributed by atoms with van der Waals surface area (Å²) in [6.45, 7) is 1.64. The van der Waals surface area contributed by atoms with Crippen LogP contribution >= 0.6 is 0 Å². The summed E-state index contributed by atoms with van der Waals surface area (Å²) in [6, 6.07) is 11.0. The van der Waals surface area contributed by atoms with Crippen molar-refractivity contribution in [2.45, 2.75) is 25.6 Å². The third-order valence-corrected chi connectivity index (χ3v) is 5.03. The predicted molar refractivity (Wildman–Crippen MR) is 105 cm³/mol. The quantitative estimate of drug-likeness (QED) is 0.695. The molecule has 1 amide bonds. The highest BCUT2D eigenvalue weighted by atomic mass is 16.5. The molecule has 1 saturated heterocycles. The molecule has 0 aliphatic carbocycles. The van der Waals surface area contributed by atoms with E-state index in [9.17, 15) is 9.59 Å². The molecule has 3 heterocycles. The van der Waals surface area contributed by atoms with Gasteiger partial charge >= 0.3 is 0 Å². The lowest BCUT2D eigenvalue weighted by Gasteiger charge is -2.32. The molecule has 7 heteroatoms. The molecule has 1 aliphatic heterocycles. The highest BCUT2D eigenvalue weighted by molar-refractivity contribution is 6.04. The van der Waals surface area contributed by atoms with Crippen LogP contribution in [0, 0.1) is 0 Å². The molecular formula is C21H22N4O3. The van der Waals surface area contributed by atoms with E-state index in [4.69, 9.17) is 4.74 Å². The first-order valence-electron chi connectivity index (χ1n) is 9.39. The van der Waals surface area contributed by atoms with Gasteiger partial charge in [0.15, 0.2) is 5.69 Å². The van der Waals surface area contributed by atoms with Crippen molar-refractivity contribution in [1.29, 1.82) is 0 Å². The van der Waals surface area contributed by atoms with Crippen LogP contribution < -0.4 is 5.56 Å². The molecule has 144 valence electrons. The first-order chi connectivity index (χ1) is 13.6. The fourth-order valence-corrected chi connectivity index (χ4v) is 3.56. The van der Waals surface area contributed by atoms with E-state index in [1.807, 2.05) is 18.2 Å². The van der Waals surface area contributed by atoms with Crippen molar-refractivity contribution in [3.8, 4) is 0 Å². The van der Waals surface area contributed by atoms with Crippen molar-refractivity contribution in [3.05, 3.63) is 70.4 Å². The van der Waals surface area contributed by atoms with E-state index >= 15 is 0 Å². The number of likely N-dealkylation sites (tertiary alicyclic amines) is 1. The SMILES string of the molecule is Cn1nc(C(=O)N2CCC[C@@H](OCc3cccnc3)C2)c2ccccc2c1=O. The fraction of sp³-hybridized carbons (Fsp3) is 0.333. The van der Waals surface area contributed by atoms with E-state index < -0.39 is 0 Å². The molecule has 1 aliphatic rings. The second-order valence-corrected chi connectivity index (χ2v) is 7.01. The Kier molecular flexibility index (Phi) is 5.16. The van der Waals surface area contributed by atoms with Gasteiger partial charge in [-0.15, -0.1) is 0 Å². The molecule has 1 aromatic carbocycles. The second-order valence-electron chi connectivity index (χ2n) is 7.01. The van der Waals surface area contributed by atoms with Crippen LogP contribution in [-0.4, -0.2) is 44.8 Å². The lowest BCUT2D eigenvalue weighted by Crippen LogP contribution is -2.44. The Bertz CT molecular complexity index is 1050. The van der Waals surface area contributed by atoms with Gasteiger partial charge in [0, 0.05) is 37.9 Å². The van der Waals surface area contributed by atoms with Gasteiger partial charge in [0.2, 0.25) is 0 Å². The number of aryl methyl sites for hydroxylation is 1. The summed E-state index contributed by atoms with van der Waals surface area (Å²) in [5, 5.41) is 5.35. The van der Waals surface area contributed by atoms with Gasteiger partial charge in [-0.05, 0) is 30.5 Å². The Labute approximate surface area is 162 Å². The minimum absolute atomic E-state index is 0.0308. The van der Waals surface area contributed by atoms with Crippen molar-refractivity contribution in [1.82, 2.24) is 19.7 Å². The minimum atomic E-state index is -0.205. The molecule has 4 rings (SSSR count). The number of ether oxygens (including phenoxy) is 1. The summed E-state index contributed by atoms with van der Waals surface area (Å²) in [5.41, 5.74) is 1.12. The summed E-state index contributed by atoms with van der Waals surface area (Å²) >= 11 is 0. The van der Waals surface area contributed by atoms with Crippen LogP contribution in [-0.2, 0) is 18.4 Å². The number of hydrogen-bond donors (Lipinski definition) is 0. The highest BCUT2D eigenvalue weighted by Gasteiger charge is 2.27. The van der Waals surface area contributed by atoms with Gasteiger partial charge in [-0.3, -0.25) is 14.6 Å². The number of nitrogens with zero attached hydrogens (tertiary/aromatic N) is 4. The number of benzene rings is 1. The molecule has 2 aromatic heterocycles. The van der Waals surface area contributed by atoms with Gasteiger partial charge in [0.1, 0.15) is 0 Å². The number of fused-ring (bicyclic) bond motifs is 1. The first-order valence-corrected chi connectivity index (χ1v) is 9.39. The lowest BCUT2D eigenvalue weighted by atomic mass is 10.1. The molecule has 0 N–H and O–H groups in total. The Morgan fingerprint density at radius 2 is 2.04 bits per heavy atom. The second kappa shape index (κ2) is 7.90. The van der Waals surface area contributed by atoms with E-state index in [0.717, 1.165) is 18.4 Å². The zero-order chi connectivity index (χ0) is 19.5. The predicted octanol–water partition coefficient (Wildman–Crippen LogP) is 2.15. The van der Waals surface area contributed by atoms with Crippen LogP contribution in [0.1, 0.15) is 28.9 Å². The van der Waals surface area contributed by atoms with E-state index in [2.05, 4.69) is 10.1 Å². The zero-order valence-corrected chi connectivity index (χ0v) is 15.7. The van der Waals surface area contributed by atoms with E-state index in [0.29, 0.717) is 36.2 Å². The molecule has 7 nitrogen and oxygen atoms in total. The number of hydrogen-bond acceptors (Lipinski definition) is 5. The third kappa shape index (κ3) is 3.66. The third-order valence-electron chi connectivity index (χ3n) is 5.03. The Balaban J connectivity index is 1.53. The topological polar surface area (TPSA) is 77.3 Å². The van der Waals surface area contributed by atoms with Crippen molar-refractivity contribution in [3.63, 3.8) is 0 Å². The van der Waals surface area contributed by atoms with Gasteiger partial charge in [-0.25, -0.2) is 4.68 Å². The van der Waals surface area contributed by atoms with Crippen LogP contribution in [0.3, 0.4) is 0 Å². The standard InChI is InChI=1S/C21H22N4O3/c1-24-20(26)18-9-3-2-8-17(18)19(23-24)21(27)25-11-5-7-16(13-25)28-14-15-6-4-10-22-12-15/h2-4,6,8-10,12,16H,5,7,11,13-14H2,1H3/t16-/m1/s1. The molecule has 3 aromatic rings. The van der Waals surface area contributed by atoms with Gasteiger partial charge in [0.25, 0.3) is 11.5 Å². The molecule has 28 heavy (non-hydrogen) atoms. The van der Waals surface area contributed by atoms with Crippen LogP contribution in [0.25, 0.3) is 10.8 Å². The number of amides is 1. The number of carbonyl (C=O) groups is 1. The van der Waals surface area contributed by atoms with Gasteiger partial charge < -0.3 is 9.64 Å². The number of rotatable bonds is 4. The summed E-state index contributed by atoms with van der Waals surface area (Å²) in [4.78, 5) is 31.4. The number of piperidine rings is 1. The van der Waals surface area contributed by atoms with E-state index in [1.165, 1.54) is 4.68 Å². The largest absolute Gasteiger partial charge is 0.372 e. The normalized spacial score (nSPS) is 17.0. The van der Waals surface area contributed by atoms with Crippen LogP contribution in [0.15, 0.2) is 53.6 Å². The molecule has 0 radical (unpaired) electrons. The van der Waals surface area contributed by atoms with Crippen LogP contribution in [0.2, 0.25) is 0 Å². The van der Waals surface area contributed by atoms with Gasteiger partial charge in [-0.2, -0.15) is 5.10 Å². The smallest absolute Gasteiger partial charge is 0.275 e. The molecular weight excluding hydrogens is 356 g/mol. The maximum atomic E-state index is 13.2. The van der Waals surface area contributed by atoms with Gasteiger partial charge in [-0.1, -0.05) is 24.3 Å². The summed E-state index contributed by atoms with van der Waals surface area (Å²) in [6.07, 6.45) is 5.26. The Hall–Kier alpha value is -3.06. The molecule has 1 fully saturated rings. The van der Waals surface area contributed by atoms with E-state index in [1.54, 1.807) is 42.5 Å². The maximum absolute atomic E-state index is 13.2. The summed E-state index contributed by atoms with van der Waals surface area (Å²) in [7, 11) is 1.57. The molecule has 0 unspecified atom stereocenters. The Morgan fingerprint density at radius 3 is 2.82 bits per heavy atom. The zero-order valence-electron chi connectivity index (χ0n) is 15.7. The lowest BCUT2D eigenvalue weighted by molar-refractivity contribution is -0.00697. The minimum Gasteiger partial charge on any atom is -0.372 e. The molecule has 0 spiro atoms. The monoisotopic (exact) mass is 378 g/mol. The van der Waals surface area contributed by atoms with Crippen molar-refractivity contribution >= 4 is 16.7 Å². The number of aromatic nitrogens is 3. The molecule has 0 saturated carbocycles. The first kappa shape index (κ1) is 18.3. The maximum Gasteiger partial charge on any atom is 0.275 e.